The molecule has 1 aliphatic carbocycles. The predicted molar refractivity (Wildman–Crippen MR) is 120 cm³/mol. The van der Waals surface area contributed by atoms with Crippen molar-refractivity contribution in [2.45, 2.75) is 32.6 Å². The Balaban J connectivity index is 1.59. The molecule has 0 bridgehead atoms. The predicted octanol–water partition coefficient (Wildman–Crippen LogP) is 5.10. The van der Waals surface area contributed by atoms with Gasteiger partial charge < -0.3 is 4.74 Å². The minimum atomic E-state index is -0.352. The fourth-order valence-corrected chi connectivity index (χ4v) is 4.85. The van der Waals surface area contributed by atoms with Gasteiger partial charge in [0.2, 0.25) is 5.88 Å². The summed E-state index contributed by atoms with van der Waals surface area (Å²) < 4.78 is 21.3. The highest BCUT2D eigenvalue weighted by molar-refractivity contribution is 6.00. The normalized spacial score (nSPS) is 19.2. The first-order chi connectivity index (χ1) is 15.9. The van der Waals surface area contributed by atoms with Crippen LogP contribution in [0.15, 0.2) is 72.3 Å². The maximum Gasteiger partial charge on any atom is 0.228 e. The first-order valence-electron chi connectivity index (χ1n) is 10.9. The van der Waals surface area contributed by atoms with Crippen LogP contribution < -0.4 is 4.74 Å². The number of allylic oxidation sites excluding steroid dienone is 2. The van der Waals surface area contributed by atoms with Crippen molar-refractivity contribution in [1.29, 1.82) is 0 Å². The summed E-state index contributed by atoms with van der Waals surface area (Å²) in [5.74, 6) is 0.993. The monoisotopic (exact) mass is 440 g/mol. The fourth-order valence-electron chi connectivity index (χ4n) is 4.85. The molecule has 6 nitrogen and oxygen atoms in total. The van der Waals surface area contributed by atoms with Crippen LogP contribution in [0, 0.1) is 11.2 Å². The van der Waals surface area contributed by atoms with Gasteiger partial charge in [0.25, 0.3) is 0 Å². The number of benzene rings is 2. The molecular weight excluding hydrogens is 419 g/mol. The molecule has 0 radical (unpaired) electrons. The maximum atomic E-state index is 13.4. The molecule has 4 aromatic rings. The number of rotatable bonds is 2. The quantitative estimate of drug-likeness (QED) is 0.434. The standard InChI is InChI=1S/C26H21FN4O2/c1-26(2)12-18(32)21-19(13-26)33-25-22(20(21)15-6-4-3-5-7-15)24-29-23(30-31(24)14-28-25)16-8-10-17(27)11-9-16/h3-11,14,20H,12-13H2,1-2H3/t20-/m0/s1. The highest BCUT2D eigenvalue weighted by Gasteiger charge is 2.43. The molecule has 0 saturated heterocycles. The Morgan fingerprint density at radius 2 is 1.82 bits per heavy atom. The van der Waals surface area contributed by atoms with Crippen LogP contribution in [0.5, 0.6) is 5.88 Å². The van der Waals surface area contributed by atoms with E-state index in [0.717, 1.165) is 11.1 Å². The van der Waals surface area contributed by atoms with Gasteiger partial charge >= 0.3 is 0 Å². The zero-order chi connectivity index (χ0) is 22.7. The topological polar surface area (TPSA) is 69.4 Å². The molecule has 0 fully saturated rings. The summed E-state index contributed by atoms with van der Waals surface area (Å²) in [6, 6.07) is 15.9. The van der Waals surface area contributed by atoms with Crippen LogP contribution in [-0.4, -0.2) is 25.4 Å². The number of aromatic nitrogens is 4. The average molecular weight is 440 g/mol. The van der Waals surface area contributed by atoms with E-state index >= 15 is 0 Å². The van der Waals surface area contributed by atoms with Gasteiger partial charge in [0.1, 0.15) is 17.9 Å². The molecule has 3 heterocycles. The molecule has 0 spiro atoms. The van der Waals surface area contributed by atoms with Gasteiger partial charge in [-0.3, -0.25) is 4.79 Å². The summed E-state index contributed by atoms with van der Waals surface area (Å²) >= 11 is 0. The molecule has 0 N–H and O–H groups in total. The first-order valence-corrected chi connectivity index (χ1v) is 10.9. The molecule has 33 heavy (non-hydrogen) atoms. The number of carbonyl (C=O) groups excluding carboxylic acids is 1. The van der Waals surface area contributed by atoms with Gasteiger partial charge in [-0.25, -0.2) is 18.9 Å². The minimum absolute atomic E-state index is 0.0843. The van der Waals surface area contributed by atoms with Crippen molar-refractivity contribution in [3.63, 3.8) is 0 Å². The van der Waals surface area contributed by atoms with E-state index < -0.39 is 0 Å². The van der Waals surface area contributed by atoms with Gasteiger partial charge in [0.15, 0.2) is 17.3 Å². The maximum absolute atomic E-state index is 13.4. The van der Waals surface area contributed by atoms with E-state index in [-0.39, 0.29) is 22.9 Å². The summed E-state index contributed by atoms with van der Waals surface area (Å²) in [4.78, 5) is 22.7. The molecule has 1 atom stereocenters. The molecule has 6 rings (SSSR count). The summed E-state index contributed by atoms with van der Waals surface area (Å²) in [6.07, 6.45) is 2.69. The van der Waals surface area contributed by atoms with Crippen LogP contribution in [0.3, 0.4) is 0 Å². The second-order valence-corrected chi connectivity index (χ2v) is 9.40. The van der Waals surface area contributed by atoms with Crippen molar-refractivity contribution in [2.24, 2.45) is 5.41 Å². The lowest BCUT2D eigenvalue weighted by Crippen LogP contribution is -2.33. The number of Topliss-reactive ketones (excluding diaryl/α,β-unsaturated/α-hetero) is 1. The average Bonchev–Trinajstić information content (AvgIpc) is 3.22. The van der Waals surface area contributed by atoms with Crippen LogP contribution in [0.1, 0.15) is 43.7 Å². The SMILES string of the molecule is CC1(C)CC(=O)C2=C(C1)Oc1ncn3nc(-c4ccc(F)cc4)nc3c1[C@H]2c1ccccc1. The van der Waals surface area contributed by atoms with E-state index in [0.29, 0.717) is 47.1 Å². The van der Waals surface area contributed by atoms with Crippen LogP contribution in [0.25, 0.3) is 17.0 Å². The summed E-state index contributed by atoms with van der Waals surface area (Å²) in [5.41, 5.74) is 3.45. The molecule has 0 unspecified atom stereocenters. The number of carbonyl (C=O) groups is 1. The highest BCUT2D eigenvalue weighted by atomic mass is 19.1. The Kier molecular flexibility index (Phi) is 4.24. The van der Waals surface area contributed by atoms with Gasteiger partial charge in [-0.15, -0.1) is 5.10 Å². The van der Waals surface area contributed by atoms with Gasteiger partial charge in [-0.1, -0.05) is 44.2 Å². The third-order valence-electron chi connectivity index (χ3n) is 6.30. The smallest absolute Gasteiger partial charge is 0.228 e. The lowest BCUT2D eigenvalue weighted by molar-refractivity contribution is -0.118. The second kappa shape index (κ2) is 7.07. The van der Waals surface area contributed by atoms with Gasteiger partial charge in [0, 0.05) is 29.9 Å². The zero-order valence-corrected chi connectivity index (χ0v) is 18.2. The molecule has 0 saturated carbocycles. The summed E-state index contributed by atoms with van der Waals surface area (Å²) in [6.45, 7) is 4.16. The van der Waals surface area contributed by atoms with Gasteiger partial charge in [0.05, 0.1) is 5.56 Å². The van der Waals surface area contributed by atoms with E-state index in [1.807, 2.05) is 30.3 Å². The largest absolute Gasteiger partial charge is 0.442 e. The van der Waals surface area contributed by atoms with Crippen molar-refractivity contribution in [3.8, 4) is 17.3 Å². The lowest BCUT2D eigenvalue weighted by atomic mass is 9.70. The van der Waals surface area contributed by atoms with Crippen molar-refractivity contribution in [2.75, 3.05) is 0 Å². The highest BCUT2D eigenvalue weighted by Crippen LogP contribution is 2.50. The molecule has 1 aliphatic heterocycles. The Hall–Kier alpha value is -3.87. The molecule has 2 aromatic heterocycles. The number of hydrogen-bond donors (Lipinski definition) is 0. The number of nitrogens with zero attached hydrogens (tertiary/aromatic N) is 4. The Bertz CT molecular complexity index is 1440. The van der Waals surface area contributed by atoms with E-state index in [1.165, 1.54) is 12.1 Å². The minimum Gasteiger partial charge on any atom is -0.442 e. The molecule has 0 amide bonds. The zero-order valence-electron chi connectivity index (χ0n) is 18.2. The van der Waals surface area contributed by atoms with Crippen molar-refractivity contribution in [3.05, 3.63) is 89.2 Å². The van der Waals surface area contributed by atoms with Crippen LogP contribution >= 0.6 is 0 Å². The van der Waals surface area contributed by atoms with Gasteiger partial charge in [-0.05, 0) is 35.2 Å². The summed E-state index contributed by atoms with van der Waals surface area (Å²) in [7, 11) is 0. The fraction of sp³-hybridized carbons (Fsp3) is 0.231. The number of ether oxygens (including phenoxy) is 1. The lowest BCUT2D eigenvalue weighted by Gasteiger charge is -2.37. The number of hydrogen-bond acceptors (Lipinski definition) is 5. The summed E-state index contributed by atoms with van der Waals surface area (Å²) in [5, 5.41) is 4.56. The molecule has 2 aliphatic rings. The number of ketones is 1. The van der Waals surface area contributed by atoms with Gasteiger partial charge in [-0.2, -0.15) is 0 Å². The van der Waals surface area contributed by atoms with E-state index in [4.69, 9.17) is 9.72 Å². The van der Waals surface area contributed by atoms with Crippen molar-refractivity contribution in [1.82, 2.24) is 19.6 Å². The first kappa shape index (κ1) is 19.8. The van der Waals surface area contributed by atoms with E-state index in [1.54, 1.807) is 23.0 Å². The molecule has 164 valence electrons. The van der Waals surface area contributed by atoms with E-state index in [9.17, 15) is 9.18 Å². The van der Waals surface area contributed by atoms with E-state index in [2.05, 4.69) is 23.9 Å². The number of halogens is 1. The molecule has 2 aromatic carbocycles. The van der Waals surface area contributed by atoms with Crippen LogP contribution in [0.2, 0.25) is 0 Å². The number of fused-ring (bicyclic) bond motifs is 3. The van der Waals surface area contributed by atoms with Crippen LogP contribution in [-0.2, 0) is 4.79 Å². The Morgan fingerprint density at radius 3 is 2.58 bits per heavy atom. The van der Waals surface area contributed by atoms with Crippen LogP contribution in [0.4, 0.5) is 4.39 Å². The van der Waals surface area contributed by atoms with Crippen molar-refractivity contribution >= 4 is 11.4 Å². The Morgan fingerprint density at radius 1 is 1.06 bits per heavy atom. The third-order valence-corrected chi connectivity index (χ3v) is 6.30. The second-order valence-electron chi connectivity index (χ2n) is 9.40. The molecule has 7 heteroatoms. The molecular formula is C26H21FN4O2. The Labute approximate surface area is 189 Å². The van der Waals surface area contributed by atoms with Crippen molar-refractivity contribution < 1.29 is 13.9 Å². The third kappa shape index (κ3) is 3.23.